The Bertz CT molecular complexity index is 1030. The van der Waals surface area contributed by atoms with Crippen LogP contribution in [0.5, 0.6) is 5.75 Å². The van der Waals surface area contributed by atoms with E-state index in [1.807, 2.05) is 36.5 Å². The number of phenolic OH excluding ortho intramolecular Hbond substituents is 1. The molecule has 1 aliphatic heterocycles. The molecule has 1 aromatic heterocycles. The number of benzene rings is 2. The molecule has 2 aromatic carbocycles. The number of aromatic hydroxyl groups is 1. The van der Waals surface area contributed by atoms with E-state index in [2.05, 4.69) is 21.8 Å². The maximum absolute atomic E-state index is 14.6. The van der Waals surface area contributed by atoms with E-state index in [0.29, 0.717) is 12.1 Å². The smallest absolute Gasteiger partial charge is 0.276 e. The van der Waals surface area contributed by atoms with E-state index in [9.17, 15) is 13.9 Å². The third-order valence-electron chi connectivity index (χ3n) is 5.80. The van der Waals surface area contributed by atoms with Gasteiger partial charge in [-0.2, -0.15) is 0 Å². The Morgan fingerprint density at radius 3 is 2.58 bits per heavy atom. The number of para-hydroxylation sites is 1. The van der Waals surface area contributed by atoms with Crippen LogP contribution in [0.3, 0.4) is 0 Å². The fraction of sp³-hybridized carbons (Fsp3) is 0.333. The predicted octanol–water partition coefficient (Wildman–Crippen LogP) is 5.02. The van der Waals surface area contributed by atoms with Crippen LogP contribution in [-0.2, 0) is 12.5 Å². The van der Waals surface area contributed by atoms with Crippen molar-refractivity contribution < 1.29 is 13.9 Å². The second kappa shape index (κ2) is 8.98. The van der Waals surface area contributed by atoms with E-state index in [4.69, 9.17) is 0 Å². The maximum Gasteiger partial charge on any atom is 0.276 e. The largest absolute Gasteiger partial charge is 0.508 e. The highest BCUT2D eigenvalue weighted by Crippen LogP contribution is 2.41. The van der Waals surface area contributed by atoms with Crippen LogP contribution in [0.25, 0.3) is 5.69 Å². The zero-order valence-electron chi connectivity index (χ0n) is 17.3. The Balaban J connectivity index is 1.42. The van der Waals surface area contributed by atoms with E-state index in [1.165, 1.54) is 24.3 Å². The first kappa shape index (κ1) is 21.2. The number of phenols is 1. The average Bonchev–Trinajstić information content (AvgIpc) is 3.23. The zero-order valence-corrected chi connectivity index (χ0v) is 17.3. The van der Waals surface area contributed by atoms with E-state index in [0.717, 1.165) is 37.3 Å². The fourth-order valence-corrected chi connectivity index (χ4v) is 4.22. The van der Waals surface area contributed by atoms with E-state index in [-0.39, 0.29) is 17.2 Å². The standard InChI is InChI=1S/C24H26F2N4O/c1-2-12-24(25,26)23-9-8-21(31)15-22(23)18-10-13-29(14-11-18)16-19-17-30(28-27-19)20-6-4-3-5-7-20/h2-9,15,17-18,31H,1,10-14,16H2. The van der Waals surface area contributed by atoms with Gasteiger partial charge in [0.05, 0.1) is 17.6 Å². The lowest BCUT2D eigenvalue weighted by Gasteiger charge is -2.33. The molecule has 162 valence electrons. The number of nitrogens with zero attached hydrogens (tertiary/aromatic N) is 4. The first-order chi connectivity index (χ1) is 15.0. The number of halogens is 2. The fourth-order valence-electron chi connectivity index (χ4n) is 4.22. The molecule has 0 atom stereocenters. The summed E-state index contributed by atoms with van der Waals surface area (Å²) in [7, 11) is 0. The Labute approximate surface area is 180 Å². The highest BCUT2D eigenvalue weighted by molar-refractivity contribution is 5.40. The van der Waals surface area contributed by atoms with Gasteiger partial charge in [0, 0.05) is 18.5 Å². The second-order valence-electron chi connectivity index (χ2n) is 8.01. The van der Waals surface area contributed by atoms with E-state index >= 15 is 0 Å². The Morgan fingerprint density at radius 1 is 1.13 bits per heavy atom. The number of likely N-dealkylation sites (tertiary alicyclic amines) is 1. The number of allylic oxidation sites excluding steroid dienone is 1. The minimum atomic E-state index is -2.99. The normalized spacial score (nSPS) is 15.8. The van der Waals surface area contributed by atoms with Crippen molar-refractivity contribution in [3.63, 3.8) is 0 Å². The zero-order chi connectivity index (χ0) is 21.8. The first-order valence-corrected chi connectivity index (χ1v) is 10.5. The van der Waals surface area contributed by atoms with Crippen LogP contribution in [0, 0.1) is 0 Å². The van der Waals surface area contributed by atoms with Crippen LogP contribution < -0.4 is 0 Å². The first-order valence-electron chi connectivity index (χ1n) is 10.5. The molecule has 0 aliphatic carbocycles. The van der Waals surface area contributed by atoms with Gasteiger partial charge in [0.1, 0.15) is 5.75 Å². The van der Waals surface area contributed by atoms with Crippen LogP contribution in [0.1, 0.15) is 42.0 Å². The summed E-state index contributed by atoms with van der Waals surface area (Å²) >= 11 is 0. The highest BCUT2D eigenvalue weighted by atomic mass is 19.3. The highest BCUT2D eigenvalue weighted by Gasteiger charge is 2.35. The lowest BCUT2D eigenvalue weighted by molar-refractivity contribution is -0.00245. The average molecular weight is 424 g/mol. The van der Waals surface area contributed by atoms with Crippen LogP contribution in [0.4, 0.5) is 8.78 Å². The van der Waals surface area contributed by atoms with Crippen molar-refractivity contribution in [1.29, 1.82) is 0 Å². The molecule has 0 amide bonds. The van der Waals surface area contributed by atoms with Crippen LogP contribution in [-0.4, -0.2) is 38.1 Å². The number of rotatable bonds is 7. The second-order valence-corrected chi connectivity index (χ2v) is 8.01. The van der Waals surface area contributed by atoms with Crippen molar-refractivity contribution >= 4 is 0 Å². The number of hydrogen-bond donors (Lipinski definition) is 1. The number of piperidine rings is 1. The van der Waals surface area contributed by atoms with Crippen molar-refractivity contribution in [1.82, 2.24) is 19.9 Å². The van der Waals surface area contributed by atoms with Gasteiger partial charge < -0.3 is 5.11 Å². The quantitative estimate of drug-likeness (QED) is 0.541. The van der Waals surface area contributed by atoms with Gasteiger partial charge in [0.25, 0.3) is 5.92 Å². The van der Waals surface area contributed by atoms with Crippen molar-refractivity contribution in [2.75, 3.05) is 13.1 Å². The van der Waals surface area contributed by atoms with Crippen molar-refractivity contribution in [2.45, 2.75) is 37.6 Å². The molecule has 0 unspecified atom stereocenters. The summed E-state index contributed by atoms with van der Waals surface area (Å²) in [5, 5.41) is 18.4. The summed E-state index contributed by atoms with van der Waals surface area (Å²) in [6.45, 7) is 5.66. The minimum Gasteiger partial charge on any atom is -0.508 e. The van der Waals surface area contributed by atoms with Crippen LogP contribution in [0.15, 0.2) is 67.4 Å². The molecule has 0 spiro atoms. The lowest BCUT2D eigenvalue weighted by Crippen LogP contribution is -2.33. The Hall–Kier alpha value is -3.06. The number of alkyl halides is 2. The van der Waals surface area contributed by atoms with Gasteiger partial charge in [0.15, 0.2) is 0 Å². The molecular formula is C24H26F2N4O. The summed E-state index contributed by atoms with van der Waals surface area (Å²) in [4.78, 5) is 2.26. The molecule has 5 nitrogen and oxygen atoms in total. The van der Waals surface area contributed by atoms with Gasteiger partial charge in [-0.25, -0.2) is 13.5 Å². The summed E-state index contributed by atoms with van der Waals surface area (Å²) in [5.74, 6) is -2.99. The SMILES string of the molecule is C=CCC(F)(F)c1ccc(O)cc1C1CCN(Cc2cn(-c3ccccc3)nn2)CC1. The van der Waals surface area contributed by atoms with Crippen molar-refractivity contribution in [3.8, 4) is 11.4 Å². The van der Waals surface area contributed by atoms with Crippen LogP contribution in [0.2, 0.25) is 0 Å². The number of aromatic nitrogens is 3. The molecule has 3 aromatic rings. The van der Waals surface area contributed by atoms with Crippen molar-refractivity contribution in [3.05, 3.63) is 84.2 Å². The summed E-state index contributed by atoms with van der Waals surface area (Å²) in [6, 6.07) is 14.0. The maximum atomic E-state index is 14.6. The molecule has 0 bridgehead atoms. The molecule has 0 saturated carbocycles. The Kier molecular flexibility index (Phi) is 6.13. The van der Waals surface area contributed by atoms with Gasteiger partial charge in [-0.3, -0.25) is 4.90 Å². The molecule has 1 N–H and O–H groups in total. The molecule has 4 rings (SSSR count). The van der Waals surface area contributed by atoms with Gasteiger partial charge in [-0.15, -0.1) is 11.7 Å². The molecule has 1 aliphatic rings. The summed E-state index contributed by atoms with van der Waals surface area (Å²) in [6.07, 6.45) is 4.23. The molecule has 31 heavy (non-hydrogen) atoms. The van der Waals surface area contributed by atoms with Crippen LogP contribution >= 0.6 is 0 Å². The summed E-state index contributed by atoms with van der Waals surface area (Å²) in [5.41, 5.74) is 2.37. The third kappa shape index (κ3) is 4.82. The molecular weight excluding hydrogens is 398 g/mol. The van der Waals surface area contributed by atoms with Gasteiger partial charge in [-0.1, -0.05) is 29.5 Å². The van der Waals surface area contributed by atoms with Gasteiger partial charge in [-0.05, 0) is 67.7 Å². The molecule has 1 saturated heterocycles. The molecule has 2 heterocycles. The molecule has 0 radical (unpaired) electrons. The third-order valence-corrected chi connectivity index (χ3v) is 5.80. The van der Waals surface area contributed by atoms with E-state index in [1.54, 1.807) is 4.68 Å². The Morgan fingerprint density at radius 2 is 1.87 bits per heavy atom. The van der Waals surface area contributed by atoms with Gasteiger partial charge in [0.2, 0.25) is 0 Å². The van der Waals surface area contributed by atoms with E-state index < -0.39 is 12.3 Å². The lowest BCUT2D eigenvalue weighted by atomic mass is 9.84. The molecule has 1 fully saturated rings. The molecule has 7 heteroatoms. The predicted molar refractivity (Wildman–Crippen MR) is 115 cm³/mol. The van der Waals surface area contributed by atoms with Gasteiger partial charge >= 0.3 is 0 Å². The summed E-state index contributed by atoms with van der Waals surface area (Å²) < 4.78 is 31.0. The topological polar surface area (TPSA) is 54.2 Å². The van der Waals surface area contributed by atoms with Crippen molar-refractivity contribution in [2.24, 2.45) is 0 Å². The monoisotopic (exact) mass is 424 g/mol. The number of hydrogen-bond acceptors (Lipinski definition) is 4. The minimum absolute atomic E-state index is 0.00514.